The molecule has 0 bridgehead atoms. The van der Waals surface area contributed by atoms with Crippen LogP contribution >= 0.6 is 0 Å². The van der Waals surface area contributed by atoms with Crippen LogP contribution in [-0.4, -0.2) is 62.3 Å². The number of carboxylic acid groups (broad SMARTS) is 1. The van der Waals surface area contributed by atoms with Crippen LogP contribution in [-0.2, 0) is 4.79 Å². The van der Waals surface area contributed by atoms with E-state index in [1.54, 1.807) is 7.05 Å². The summed E-state index contributed by atoms with van der Waals surface area (Å²) >= 11 is 0. The van der Waals surface area contributed by atoms with Crippen molar-refractivity contribution in [2.24, 2.45) is 5.92 Å². The predicted molar refractivity (Wildman–Crippen MR) is 59.0 cm³/mol. The van der Waals surface area contributed by atoms with Gasteiger partial charge in [-0.25, -0.2) is 0 Å². The summed E-state index contributed by atoms with van der Waals surface area (Å²) in [5.41, 5.74) is 0. The van der Waals surface area contributed by atoms with Crippen molar-refractivity contribution in [1.82, 2.24) is 15.5 Å². The Kier molecular flexibility index (Phi) is 5.01. The first-order chi connectivity index (χ1) is 7.13. The van der Waals surface area contributed by atoms with Gasteiger partial charge in [-0.05, 0) is 39.5 Å². The van der Waals surface area contributed by atoms with Crippen molar-refractivity contribution in [3.05, 3.63) is 0 Å². The van der Waals surface area contributed by atoms with E-state index < -0.39 is 12.0 Å². The summed E-state index contributed by atoms with van der Waals surface area (Å²) in [6.45, 7) is 3.67. The van der Waals surface area contributed by atoms with Crippen LogP contribution in [0.2, 0.25) is 0 Å². The molecule has 5 heteroatoms. The highest BCUT2D eigenvalue weighted by Crippen LogP contribution is 2.12. The first kappa shape index (κ1) is 12.4. The van der Waals surface area contributed by atoms with Gasteiger partial charge in [-0.2, -0.15) is 0 Å². The minimum Gasteiger partial charge on any atom is -0.480 e. The maximum atomic E-state index is 10.7. The number of carbonyl (C=O) groups is 1. The molecule has 0 aromatic carbocycles. The summed E-state index contributed by atoms with van der Waals surface area (Å²) in [5.74, 6) is -0.130. The highest BCUT2D eigenvalue weighted by molar-refractivity contribution is 5.73. The van der Waals surface area contributed by atoms with Gasteiger partial charge >= 0.3 is 5.97 Å². The van der Waals surface area contributed by atoms with Crippen LogP contribution in [0.1, 0.15) is 6.42 Å². The third-order valence-corrected chi connectivity index (χ3v) is 2.92. The molecule has 88 valence electrons. The van der Waals surface area contributed by atoms with E-state index in [4.69, 9.17) is 5.11 Å². The first-order valence-electron chi connectivity index (χ1n) is 5.42. The Morgan fingerprint density at radius 2 is 2.40 bits per heavy atom. The van der Waals surface area contributed by atoms with E-state index >= 15 is 0 Å². The zero-order valence-corrected chi connectivity index (χ0v) is 9.49. The fourth-order valence-corrected chi connectivity index (χ4v) is 1.94. The van der Waals surface area contributed by atoms with Crippen molar-refractivity contribution in [3.8, 4) is 0 Å². The van der Waals surface area contributed by atoms with E-state index in [0.29, 0.717) is 12.5 Å². The predicted octanol–water partition coefficient (Wildman–Crippen LogP) is -0.800. The van der Waals surface area contributed by atoms with Gasteiger partial charge in [0.25, 0.3) is 0 Å². The molecule has 0 radical (unpaired) electrons. The van der Waals surface area contributed by atoms with Gasteiger partial charge in [-0.1, -0.05) is 0 Å². The minimum absolute atomic E-state index is 0.482. The smallest absolute Gasteiger partial charge is 0.322 e. The van der Waals surface area contributed by atoms with Crippen LogP contribution in [0.4, 0.5) is 0 Å². The van der Waals surface area contributed by atoms with Crippen LogP contribution in [0.25, 0.3) is 0 Å². The summed E-state index contributed by atoms with van der Waals surface area (Å²) in [6.07, 6.45) is 1.21. The highest BCUT2D eigenvalue weighted by atomic mass is 16.4. The summed E-state index contributed by atoms with van der Waals surface area (Å²) in [4.78, 5) is 13.0. The van der Waals surface area contributed by atoms with Crippen LogP contribution < -0.4 is 10.6 Å². The second kappa shape index (κ2) is 6.05. The lowest BCUT2D eigenvalue weighted by molar-refractivity contribution is -0.139. The van der Waals surface area contributed by atoms with E-state index in [-0.39, 0.29) is 0 Å². The molecule has 5 nitrogen and oxygen atoms in total. The van der Waals surface area contributed by atoms with Crippen LogP contribution in [0.5, 0.6) is 0 Å². The third-order valence-electron chi connectivity index (χ3n) is 2.92. The van der Waals surface area contributed by atoms with Gasteiger partial charge in [0.1, 0.15) is 6.04 Å². The second-order valence-electron chi connectivity index (χ2n) is 4.25. The van der Waals surface area contributed by atoms with E-state index in [0.717, 1.165) is 19.6 Å². The van der Waals surface area contributed by atoms with Crippen molar-refractivity contribution < 1.29 is 9.90 Å². The molecule has 1 saturated heterocycles. The molecular weight excluding hydrogens is 194 g/mol. The molecule has 3 N–H and O–H groups in total. The van der Waals surface area contributed by atoms with Crippen LogP contribution in [0.3, 0.4) is 0 Å². The number of likely N-dealkylation sites (tertiary alicyclic amines) is 1. The van der Waals surface area contributed by atoms with Gasteiger partial charge in [0.15, 0.2) is 0 Å². The molecule has 0 aromatic heterocycles. The number of hydrogen-bond donors (Lipinski definition) is 3. The van der Waals surface area contributed by atoms with E-state index in [1.807, 2.05) is 0 Å². The zero-order chi connectivity index (χ0) is 11.3. The normalized spacial score (nSPS) is 24.3. The lowest BCUT2D eigenvalue weighted by Gasteiger charge is -2.15. The lowest BCUT2D eigenvalue weighted by Crippen LogP contribution is -2.43. The van der Waals surface area contributed by atoms with Gasteiger partial charge < -0.3 is 20.6 Å². The molecule has 1 rings (SSSR count). The van der Waals surface area contributed by atoms with Crippen LogP contribution in [0.15, 0.2) is 0 Å². The largest absolute Gasteiger partial charge is 0.480 e. The van der Waals surface area contributed by atoms with E-state index in [1.165, 1.54) is 6.42 Å². The Morgan fingerprint density at radius 1 is 1.67 bits per heavy atom. The maximum absolute atomic E-state index is 10.7. The fraction of sp³-hybridized carbons (Fsp3) is 0.900. The minimum atomic E-state index is -0.798. The average Bonchev–Trinajstić information content (AvgIpc) is 2.58. The monoisotopic (exact) mass is 215 g/mol. The quantitative estimate of drug-likeness (QED) is 0.541. The Bertz CT molecular complexity index is 211. The van der Waals surface area contributed by atoms with Crippen molar-refractivity contribution in [3.63, 3.8) is 0 Å². The molecule has 2 atom stereocenters. The molecule has 0 aliphatic carbocycles. The topological polar surface area (TPSA) is 64.6 Å². The van der Waals surface area contributed by atoms with Gasteiger partial charge in [0.2, 0.25) is 0 Å². The Labute approximate surface area is 90.8 Å². The molecule has 15 heavy (non-hydrogen) atoms. The molecule has 0 saturated carbocycles. The second-order valence-corrected chi connectivity index (χ2v) is 4.25. The Balaban J connectivity index is 2.12. The zero-order valence-electron chi connectivity index (χ0n) is 9.49. The highest BCUT2D eigenvalue weighted by Gasteiger charge is 2.20. The number of nitrogens with zero attached hydrogens (tertiary/aromatic N) is 1. The fourth-order valence-electron chi connectivity index (χ4n) is 1.94. The Morgan fingerprint density at radius 3 is 2.87 bits per heavy atom. The van der Waals surface area contributed by atoms with Crippen molar-refractivity contribution in [2.45, 2.75) is 12.5 Å². The van der Waals surface area contributed by atoms with E-state index in [9.17, 15) is 4.79 Å². The SMILES string of the molecule is CNC(CNCC1CCN(C)C1)C(=O)O. The lowest BCUT2D eigenvalue weighted by atomic mass is 10.1. The number of rotatable bonds is 6. The molecule has 0 spiro atoms. The maximum Gasteiger partial charge on any atom is 0.322 e. The van der Waals surface area contributed by atoms with Gasteiger partial charge in [0, 0.05) is 13.1 Å². The molecule has 1 aliphatic rings. The summed E-state index contributed by atoms with van der Waals surface area (Å²) in [7, 11) is 3.79. The Hall–Kier alpha value is -0.650. The number of likely N-dealkylation sites (N-methyl/N-ethyl adjacent to an activating group) is 1. The molecule has 1 aliphatic heterocycles. The number of nitrogens with one attached hydrogen (secondary N) is 2. The molecule has 0 aromatic rings. The van der Waals surface area contributed by atoms with Gasteiger partial charge in [-0.3, -0.25) is 4.79 Å². The van der Waals surface area contributed by atoms with E-state index in [2.05, 4.69) is 22.6 Å². The molecule has 1 heterocycles. The summed E-state index contributed by atoms with van der Waals surface area (Å²) < 4.78 is 0. The molecule has 1 fully saturated rings. The van der Waals surface area contributed by atoms with Crippen molar-refractivity contribution >= 4 is 5.97 Å². The molecule has 0 amide bonds. The first-order valence-corrected chi connectivity index (χ1v) is 5.42. The van der Waals surface area contributed by atoms with Gasteiger partial charge in [-0.15, -0.1) is 0 Å². The summed E-state index contributed by atoms with van der Waals surface area (Å²) in [5, 5.41) is 14.8. The third kappa shape index (κ3) is 4.15. The standard InChI is InChI=1S/C10H21N3O2/c1-11-9(10(14)15)6-12-5-8-3-4-13(2)7-8/h8-9,11-12H,3-7H2,1-2H3,(H,14,15). The average molecular weight is 215 g/mol. The van der Waals surface area contributed by atoms with Crippen molar-refractivity contribution in [1.29, 1.82) is 0 Å². The molecular formula is C10H21N3O2. The summed E-state index contributed by atoms with van der Waals surface area (Å²) in [6, 6.07) is -0.482. The van der Waals surface area contributed by atoms with Crippen LogP contribution in [0, 0.1) is 5.92 Å². The number of carboxylic acids is 1. The van der Waals surface area contributed by atoms with Crippen molar-refractivity contribution in [2.75, 3.05) is 40.3 Å². The molecule has 2 unspecified atom stereocenters. The number of hydrogen-bond acceptors (Lipinski definition) is 4. The number of aliphatic carboxylic acids is 1. The van der Waals surface area contributed by atoms with Gasteiger partial charge in [0.05, 0.1) is 0 Å².